The first-order chi connectivity index (χ1) is 8.99. The molecule has 0 saturated heterocycles. The number of hydrogen-bond donors (Lipinski definition) is 1. The van der Waals surface area contributed by atoms with Crippen LogP contribution in [0, 0.1) is 19.7 Å². The maximum Gasteiger partial charge on any atom is 0.136 e. The van der Waals surface area contributed by atoms with Gasteiger partial charge in [0, 0.05) is 0 Å². The number of aliphatic hydroxyl groups excluding tert-OH is 1. The maximum absolute atomic E-state index is 13.7. The Balaban J connectivity index is 2.38. The van der Waals surface area contributed by atoms with Crippen molar-refractivity contribution in [3.63, 3.8) is 0 Å². The van der Waals surface area contributed by atoms with Crippen molar-refractivity contribution >= 4 is 0 Å². The molecule has 0 heterocycles. The van der Waals surface area contributed by atoms with Gasteiger partial charge >= 0.3 is 0 Å². The molecule has 0 aliphatic rings. The Kier molecular flexibility index (Phi) is 3.86. The van der Waals surface area contributed by atoms with E-state index in [1.807, 2.05) is 32.0 Å². The van der Waals surface area contributed by atoms with Gasteiger partial charge in [-0.05, 0) is 56.2 Å². The Bertz CT molecular complexity index is 591. The molecule has 2 rings (SSSR count). The molecule has 0 amide bonds. The van der Waals surface area contributed by atoms with Crippen molar-refractivity contribution in [3.05, 3.63) is 58.9 Å². The van der Waals surface area contributed by atoms with Gasteiger partial charge in [-0.3, -0.25) is 0 Å². The third-order valence-corrected chi connectivity index (χ3v) is 3.14. The molecule has 0 fully saturated rings. The van der Waals surface area contributed by atoms with E-state index in [1.54, 1.807) is 12.1 Å². The largest absolute Gasteiger partial charge is 0.457 e. The van der Waals surface area contributed by atoms with Gasteiger partial charge in [-0.15, -0.1) is 0 Å². The molecule has 0 aliphatic carbocycles. The van der Waals surface area contributed by atoms with Crippen molar-refractivity contribution < 1.29 is 14.2 Å². The maximum atomic E-state index is 13.7. The van der Waals surface area contributed by atoms with Crippen LogP contribution < -0.4 is 4.74 Å². The molecule has 2 nitrogen and oxygen atoms in total. The van der Waals surface area contributed by atoms with E-state index in [-0.39, 0.29) is 5.56 Å². The van der Waals surface area contributed by atoms with Gasteiger partial charge in [-0.25, -0.2) is 4.39 Å². The first kappa shape index (κ1) is 13.6. The van der Waals surface area contributed by atoms with Crippen molar-refractivity contribution in [2.45, 2.75) is 26.9 Å². The molecular formula is C16H17FO2. The average molecular weight is 260 g/mol. The predicted octanol–water partition coefficient (Wildman–Crippen LogP) is 4.29. The Morgan fingerprint density at radius 1 is 1.11 bits per heavy atom. The standard InChI is InChI=1S/C16H17FO2/c1-10-7-8-13(9-11(10)2)19-15-6-4-5-14(17)16(15)12(3)18/h4-9,12,18H,1-3H3. The van der Waals surface area contributed by atoms with Crippen LogP contribution in [0.25, 0.3) is 0 Å². The minimum absolute atomic E-state index is 0.181. The minimum atomic E-state index is -0.914. The molecule has 0 aliphatic heterocycles. The zero-order valence-corrected chi connectivity index (χ0v) is 11.3. The Morgan fingerprint density at radius 3 is 2.47 bits per heavy atom. The molecule has 1 unspecified atom stereocenters. The van der Waals surface area contributed by atoms with E-state index in [9.17, 15) is 9.50 Å². The molecule has 0 aromatic heterocycles. The smallest absolute Gasteiger partial charge is 0.136 e. The highest BCUT2D eigenvalue weighted by molar-refractivity contribution is 5.42. The zero-order chi connectivity index (χ0) is 14.0. The lowest BCUT2D eigenvalue weighted by Gasteiger charge is -2.14. The number of aliphatic hydroxyl groups is 1. The van der Waals surface area contributed by atoms with Gasteiger partial charge in [0.1, 0.15) is 17.3 Å². The van der Waals surface area contributed by atoms with Gasteiger partial charge in [0.25, 0.3) is 0 Å². The van der Waals surface area contributed by atoms with Crippen LogP contribution in [-0.2, 0) is 0 Å². The molecule has 19 heavy (non-hydrogen) atoms. The van der Waals surface area contributed by atoms with Crippen LogP contribution in [0.5, 0.6) is 11.5 Å². The number of halogens is 1. The summed E-state index contributed by atoms with van der Waals surface area (Å²) in [5, 5.41) is 9.64. The summed E-state index contributed by atoms with van der Waals surface area (Å²) in [6.07, 6.45) is -0.914. The molecule has 0 radical (unpaired) electrons. The number of ether oxygens (including phenoxy) is 1. The van der Waals surface area contributed by atoms with Crippen LogP contribution in [0.15, 0.2) is 36.4 Å². The molecule has 1 N–H and O–H groups in total. The van der Waals surface area contributed by atoms with Crippen molar-refractivity contribution in [1.82, 2.24) is 0 Å². The summed E-state index contributed by atoms with van der Waals surface area (Å²) in [4.78, 5) is 0. The Morgan fingerprint density at radius 2 is 1.84 bits per heavy atom. The van der Waals surface area contributed by atoms with Crippen molar-refractivity contribution in [3.8, 4) is 11.5 Å². The second-order valence-electron chi connectivity index (χ2n) is 4.68. The average Bonchev–Trinajstić information content (AvgIpc) is 2.33. The van der Waals surface area contributed by atoms with Crippen molar-refractivity contribution in [2.75, 3.05) is 0 Å². The highest BCUT2D eigenvalue weighted by Gasteiger charge is 2.15. The van der Waals surface area contributed by atoms with Crippen LogP contribution in [0.1, 0.15) is 29.7 Å². The summed E-state index contributed by atoms with van der Waals surface area (Å²) in [6, 6.07) is 10.2. The molecule has 0 spiro atoms. The molecule has 2 aromatic rings. The van der Waals surface area contributed by atoms with Crippen molar-refractivity contribution in [2.24, 2.45) is 0 Å². The third-order valence-electron chi connectivity index (χ3n) is 3.14. The van der Waals surface area contributed by atoms with Gasteiger partial charge in [0.15, 0.2) is 0 Å². The van der Waals surface area contributed by atoms with E-state index >= 15 is 0 Å². The molecular weight excluding hydrogens is 243 g/mol. The van der Waals surface area contributed by atoms with Gasteiger partial charge in [-0.1, -0.05) is 12.1 Å². The van der Waals surface area contributed by atoms with E-state index in [2.05, 4.69) is 0 Å². The molecule has 2 aromatic carbocycles. The molecule has 1 atom stereocenters. The summed E-state index contributed by atoms with van der Waals surface area (Å²) < 4.78 is 19.4. The first-order valence-electron chi connectivity index (χ1n) is 6.20. The van der Waals surface area contributed by atoms with E-state index in [0.717, 1.165) is 5.56 Å². The van der Waals surface area contributed by atoms with Crippen LogP contribution >= 0.6 is 0 Å². The van der Waals surface area contributed by atoms with Crippen molar-refractivity contribution in [1.29, 1.82) is 0 Å². The summed E-state index contributed by atoms with van der Waals surface area (Å²) in [7, 11) is 0. The lowest BCUT2D eigenvalue weighted by molar-refractivity contribution is 0.190. The lowest BCUT2D eigenvalue weighted by atomic mass is 10.1. The first-order valence-corrected chi connectivity index (χ1v) is 6.20. The summed E-state index contributed by atoms with van der Waals surface area (Å²) in [5.41, 5.74) is 2.45. The lowest BCUT2D eigenvalue weighted by Crippen LogP contribution is -2.00. The van der Waals surface area contributed by atoms with Gasteiger partial charge in [-0.2, -0.15) is 0 Å². The van der Waals surface area contributed by atoms with E-state index in [4.69, 9.17) is 4.74 Å². The van der Waals surface area contributed by atoms with E-state index in [1.165, 1.54) is 18.6 Å². The highest BCUT2D eigenvalue weighted by Crippen LogP contribution is 2.32. The van der Waals surface area contributed by atoms with Crippen LogP contribution in [-0.4, -0.2) is 5.11 Å². The predicted molar refractivity (Wildman–Crippen MR) is 73.0 cm³/mol. The number of hydrogen-bond acceptors (Lipinski definition) is 2. The van der Waals surface area contributed by atoms with Gasteiger partial charge in [0.2, 0.25) is 0 Å². The second-order valence-corrected chi connectivity index (χ2v) is 4.68. The minimum Gasteiger partial charge on any atom is -0.457 e. The van der Waals surface area contributed by atoms with Gasteiger partial charge in [0.05, 0.1) is 11.7 Å². The molecule has 0 bridgehead atoms. The normalized spacial score (nSPS) is 12.3. The summed E-state index contributed by atoms with van der Waals surface area (Å²) >= 11 is 0. The SMILES string of the molecule is Cc1ccc(Oc2cccc(F)c2C(C)O)cc1C. The fourth-order valence-corrected chi connectivity index (χ4v) is 1.92. The fourth-order valence-electron chi connectivity index (χ4n) is 1.92. The quantitative estimate of drug-likeness (QED) is 0.892. The highest BCUT2D eigenvalue weighted by atomic mass is 19.1. The number of benzene rings is 2. The number of rotatable bonds is 3. The second kappa shape index (κ2) is 5.41. The summed E-state index contributed by atoms with van der Waals surface area (Å²) in [5.74, 6) is 0.519. The fraction of sp³-hybridized carbons (Fsp3) is 0.250. The zero-order valence-electron chi connectivity index (χ0n) is 11.3. The topological polar surface area (TPSA) is 29.5 Å². The molecule has 0 saturated carbocycles. The van der Waals surface area contributed by atoms with Crippen LogP contribution in [0.3, 0.4) is 0 Å². The van der Waals surface area contributed by atoms with Crippen LogP contribution in [0.4, 0.5) is 4.39 Å². The van der Waals surface area contributed by atoms with E-state index < -0.39 is 11.9 Å². The van der Waals surface area contributed by atoms with Gasteiger partial charge < -0.3 is 9.84 Å². The third kappa shape index (κ3) is 2.93. The Labute approximate surface area is 112 Å². The Hall–Kier alpha value is -1.87. The monoisotopic (exact) mass is 260 g/mol. The van der Waals surface area contributed by atoms with Crippen LogP contribution in [0.2, 0.25) is 0 Å². The molecule has 100 valence electrons. The number of aryl methyl sites for hydroxylation is 2. The molecule has 3 heteroatoms. The van der Waals surface area contributed by atoms with E-state index in [0.29, 0.717) is 11.5 Å². The summed E-state index contributed by atoms with van der Waals surface area (Å²) in [6.45, 7) is 5.53.